The number of benzene rings is 2. The van der Waals surface area contributed by atoms with Gasteiger partial charge in [-0.05, 0) is 56.0 Å². The first-order valence-corrected chi connectivity index (χ1v) is 10.7. The standard InChI is InChI=1S/C24H29N3O4/c1-16-15-20(30-3)9-10-21(16)25-23(28)26-13-11-19(12-14-26)27-17(2)22(31-24(27)29)18-7-5-4-6-8-18/h4-10,15,17,19,22H,11-14H2,1-3H3,(H,25,28)/t17-,22-/m0/s1. The molecule has 0 radical (unpaired) electrons. The third-order valence-corrected chi connectivity index (χ3v) is 6.26. The van der Waals surface area contributed by atoms with Gasteiger partial charge in [-0.2, -0.15) is 0 Å². The van der Waals surface area contributed by atoms with Gasteiger partial charge in [0, 0.05) is 24.8 Å². The number of carbonyl (C=O) groups is 2. The third-order valence-electron chi connectivity index (χ3n) is 6.26. The first-order valence-electron chi connectivity index (χ1n) is 10.7. The largest absolute Gasteiger partial charge is 0.497 e. The molecule has 4 rings (SSSR count). The van der Waals surface area contributed by atoms with Crippen LogP contribution in [0.4, 0.5) is 15.3 Å². The number of urea groups is 1. The number of amides is 3. The zero-order chi connectivity index (χ0) is 22.0. The second-order valence-electron chi connectivity index (χ2n) is 8.19. The Hall–Kier alpha value is -3.22. The Kier molecular flexibility index (Phi) is 6.02. The van der Waals surface area contributed by atoms with Crippen molar-refractivity contribution >= 4 is 17.8 Å². The van der Waals surface area contributed by atoms with E-state index < -0.39 is 0 Å². The van der Waals surface area contributed by atoms with Crippen molar-refractivity contribution in [2.24, 2.45) is 0 Å². The summed E-state index contributed by atoms with van der Waals surface area (Å²) in [5, 5.41) is 2.99. The molecule has 0 aliphatic carbocycles. The Morgan fingerprint density at radius 1 is 1.13 bits per heavy atom. The van der Waals surface area contributed by atoms with Crippen LogP contribution in [0.1, 0.15) is 37.0 Å². The number of likely N-dealkylation sites (tertiary alicyclic amines) is 1. The van der Waals surface area contributed by atoms with Crippen molar-refractivity contribution < 1.29 is 19.1 Å². The molecule has 2 saturated heterocycles. The quantitative estimate of drug-likeness (QED) is 0.781. The van der Waals surface area contributed by atoms with Crippen molar-refractivity contribution in [3.63, 3.8) is 0 Å². The van der Waals surface area contributed by atoms with E-state index in [0.717, 1.165) is 35.4 Å². The number of hydrogen-bond acceptors (Lipinski definition) is 4. The molecule has 2 aliphatic heterocycles. The van der Waals surface area contributed by atoms with Gasteiger partial charge in [0.15, 0.2) is 0 Å². The van der Waals surface area contributed by atoms with Gasteiger partial charge < -0.3 is 19.7 Å². The Morgan fingerprint density at radius 2 is 1.84 bits per heavy atom. The number of nitrogens with zero attached hydrogens (tertiary/aromatic N) is 2. The predicted molar refractivity (Wildman–Crippen MR) is 118 cm³/mol. The molecule has 7 nitrogen and oxygen atoms in total. The predicted octanol–water partition coefficient (Wildman–Crippen LogP) is 4.58. The molecule has 1 N–H and O–H groups in total. The lowest BCUT2D eigenvalue weighted by Gasteiger charge is -2.37. The minimum atomic E-state index is -0.266. The van der Waals surface area contributed by atoms with Crippen LogP contribution in [0.3, 0.4) is 0 Å². The molecule has 3 amide bonds. The van der Waals surface area contributed by atoms with Gasteiger partial charge in [0.25, 0.3) is 0 Å². The molecule has 31 heavy (non-hydrogen) atoms. The van der Waals surface area contributed by atoms with Crippen molar-refractivity contribution in [1.29, 1.82) is 0 Å². The highest BCUT2D eigenvalue weighted by molar-refractivity contribution is 5.90. The average Bonchev–Trinajstić information content (AvgIpc) is 3.09. The first-order chi connectivity index (χ1) is 15.0. The van der Waals surface area contributed by atoms with Crippen LogP contribution >= 0.6 is 0 Å². The number of carbonyl (C=O) groups excluding carboxylic acids is 2. The maximum absolute atomic E-state index is 12.7. The molecule has 0 aromatic heterocycles. The zero-order valence-corrected chi connectivity index (χ0v) is 18.2. The second kappa shape index (κ2) is 8.88. The minimum Gasteiger partial charge on any atom is -0.497 e. The lowest BCUT2D eigenvalue weighted by atomic mass is 9.98. The summed E-state index contributed by atoms with van der Waals surface area (Å²) in [6.07, 6.45) is 0.942. The monoisotopic (exact) mass is 423 g/mol. The summed E-state index contributed by atoms with van der Waals surface area (Å²) < 4.78 is 10.9. The molecular weight excluding hydrogens is 394 g/mol. The Bertz CT molecular complexity index is 941. The van der Waals surface area contributed by atoms with Crippen LogP contribution in [-0.4, -0.2) is 54.2 Å². The number of piperidine rings is 1. The Balaban J connectivity index is 1.35. The van der Waals surface area contributed by atoms with Crippen LogP contribution in [0, 0.1) is 6.92 Å². The zero-order valence-electron chi connectivity index (χ0n) is 18.2. The van der Waals surface area contributed by atoms with E-state index in [0.29, 0.717) is 13.1 Å². The molecule has 0 spiro atoms. The van der Waals surface area contributed by atoms with Crippen molar-refractivity contribution in [3.05, 3.63) is 59.7 Å². The molecule has 2 aromatic rings. The SMILES string of the molecule is COc1ccc(NC(=O)N2CCC(N3C(=O)O[C@H](c4ccccc4)[C@@H]3C)CC2)c(C)c1. The van der Waals surface area contributed by atoms with Gasteiger partial charge in [-0.3, -0.25) is 4.90 Å². The number of nitrogens with one attached hydrogen (secondary N) is 1. The van der Waals surface area contributed by atoms with Gasteiger partial charge in [0.05, 0.1) is 13.2 Å². The van der Waals surface area contributed by atoms with Gasteiger partial charge >= 0.3 is 12.1 Å². The van der Waals surface area contributed by atoms with Gasteiger partial charge in [0.2, 0.25) is 0 Å². The highest BCUT2D eigenvalue weighted by Gasteiger charge is 2.44. The van der Waals surface area contributed by atoms with Crippen LogP contribution in [0.2, 0.25) is 0 Å². The van der Waals surface area contributed by atoms with Crippen LogP contribution < -0.4 is 10.1 Å². The summed E-state index contributed by atoms with van der Waals surface area (Å²) in [6, 6.07) is 15.3. The van der Waals surface area contributed by atoms with Crippen molar-refractivity contribution in [1.82, 2.24) is 9.80 Å². The topological polar surface area (TPSA) is 71.1 Å². The summed E-state index contributed by atoms with van der Waals surface area (Å²) in [5.41, 5.74) is 2.73. The fraction of sp³-hybridized carbons (Fsp3) is 0.417. The number of cyclic esters (lactones) is 1. The molecule has 2 aromatic carbocycles. The highest BCUT2D eigenvalue weighted by Crippen LogP contribution is 2.35. The number of ether oxygens (including phenoxy) is 2. The summed E-state index contributed by atoms with van der Waals surface area (Å²) in [5.74, 6) is 0.761. The van der Waals surface area contributed by atoms with Crippen LogP contribution in [0.25, 0.3) is 0 Å². The van der Waals surface area contributed by atoms with Crippen LogP contribution in [-0.2, 0) is 4.74 Å². The summed E-state index contributed by atoms with van der Waals surface area (Å²) in [7, 11) is 1.62. The van der Waals surface area contributed by atoms with Crippen LogP contribution in [0.5, 0.6) is 5.75 Å². The first kappa shape index (κ1) is 21.0. The third kappa shape index (κ3) is 4.31. The summed E-state index contributed by atoms with van der Waals surface area (Å²) in [6.45, 7) is 5.17. The van der Waals surface area contributed by atoms with Gasteiger partial charge in [-0.15, -0.1) is 0 Å². The second-order valence-corrected chi connectivity index (χ2v) is 8.19. The molecule has 7 heteroatoms. The molecule has 0 saturated carbocycles. The summed E-state index contributed by atoms with van der Waals surface area (Å²) in [4.78, 5) is 29.0. The van der Waals surface area contributed by atoms with Crippen molar-refractivity contribution in [2.75, 3.05) is 25.5 Å². The molecule has 0 unspecified atom stereocenters. The number of rotatable bonds is 4. The lowest BCUT2D eigenvalue weighted by Crippen LogP contribution is -2.50. The van der Waals surface area contributed by atoms with E-state index in [-0.39, 0.29) is 30.3 Å². The molecular formula is C24H29N3O4. The fourth-order valence-corrected chi connectivity index (χ4v) is 4.50. The van der Waals surface area contributed by atoms with Gasteiger partial charge in [-0.25, -0.2) is 9.59 Å². The van der Waals surface area contributed by atoms with E-state index in [9.17, 15) is 9.59 Å². The minimum absolute atomic E-state index is 0.0396. The molecule has 2 fully saturated rings. The maximum Gasteiger partial charge on any atom is 0.411 e. The Labute approximate surface area is 182 Å². The average molecular weight is 424 g/mol. The van der Waals surface area contributed by atoms with Gasteiger partial charge in [0.1, 0.15) is 11.9 Å². The summed E-state index contributed by atoms with van der Waals surface area (Å²) >= 11 is 0. The smallest absolute Gasteiger partial charge is 0.411 e. The van der Waals surface area contributed by atoms with E-state index in [1.165, 1.54) is 0 Å². The van der Waals surface area contributed by atoms with E-state index in [1.807, 2.05) is 67.3 Å². The maximum atomic E-state index is 12.7. The van der Waals surface area contributed by atoms with Crippen molar-refractivity contribution in [2.45, 2.75) is 44.9 Å². The molecule has 2 aliphatic rings. The molecule has 2 heterocycles. The molecule has 0 bridgehead atoms. The lowest BCUT2D eigenvalue weighted by molar-refractivity contribution is 0.115. The Morgan fingerprint density at radius 3 is 2.48 bits per heavy atom. The number of methoxy groups -OCH3 is 1. The van der Waals surface area contributed by atoms with E-state index >= 15 is 0 Å². The number of aryl methyl sites for hydroxylation is 1. The number of anilines is 1. The van der Waals surface area contributed by atoms with E-state index in [2.05, 4.69) is 5.32 Å². The van der Waals surface area contributed by atoms with Crippen molar-refractivity contribution in [3.8, 4) is 5.75 Å². The normalized spacial score (nSPS) is 21.7. The molecule has 2 atom stereocenters. The fourth-order valence-electron chi connectivity index (χ4n) is 4.50. The van der Waals surface area contributed by atoms with Gasteiger partial charge in [-0.1, -0.05) is 30.3 Å². The van der Waals surface area contributed by atoms with E-state index in [4.69, 9.17) is 9.47 Å². The highest BCUT2D eigenvalue weighted by atomic mass is 16.6. The number of hydrogen-bond donors (Lipinski definition) is 1. The van der Waals surface area contributed by atoms with Crippen LogP contribution in [0.15, 0.2) is 48.5 Å². The molecule has 164 valence electrons. The van der Waals surface area contributed by atoms with E-state index in [1.54, 1.807) is 12.0 Å².